The van der Waals surface area contributed by atoms with Crippen molar-refractivity contribution in [2.45, 2.75) is 144 Å². The second-order valence-corrected chi connectivity index (χ2v) is 23.0. The number of methoxy groups -OCH3 is 2. The zero-order valence-electron chi connectivity index (χ0n) is 77.6. The van der Waals surface area contributed by atoms with E-state index in [0.29, 0.717) is 67.5 Å². The van der Waals surface area contributed by atoms with Crippen LogP contribution in [0.15, 0.2) is 78.9 Å². The minimum absolute atomic E-state index is 0. The molecule has 0 aromatic heterocycles. The van der Waals surface area contributed by atoms with Gasteiger partial charge in [-0.15, -0.1) is 106 Å². The number of carbonyl (C=O) groups is 1. The number of aryl methyl sites for hydroxylation is 18. The van der Waals surface area contributed by atoms with E-state index in [2.05, 4.69) is 89.1 Å². The molecule has 0 fully saturated rings. The quantitative estimate of drug-likeness (QED) is 0.0605. The zero-order chi connectivity index (χ0) is 83.4. The summed E-state index contributed by atoms with van der Waals surface area (Å²) in [5.74, 6) is -1.06. The average Bonchev–Trinajstić information content (AvgIpc) is 0.840. The van der Waals surface area contributed by atoms with Crippen molar-refractivity contribution in [1.29, 1.82) is 0 Å². The monoisotopic (exact) mass is 3380 g/mol. The van der Waals surface area contributed by atoms with Crippen LogP contribution >= 0.6 is 0 Å². The molecule has 0 heterocycles. The van der Waals surface area contributed by atoms with E-state index in [1.165, 1.54) is 38.7 Å². The summed E-state index contributed by atoms with van der Waals surface area (Å²) in [6.07, 6.45) is 0. The van der Waals surface area contributed by atoms with Crippen molar-refractivity contribution in [3.63, 3.8) is 0 Å². The van der Waals surface area contributed by atoms with Crippen LogP contribution < -0.4 is 47.4 Å². The number of carbonyl (C=O) groups excluding carboxylic acids is 1. The van der Waals surface area contributed by atoms with Gasteiger partial charge in [-0.3, -0.25) is 13.8 Å². The van der Waals surface area contributed by atoms with E-state index in [1.807, 2.05) is 99.4 Å². The third kappa shape index (κ3) is 74.6. The molecule has 129 heavy (non-hydrogen) atoms. The molecule has 37 heteroatoms. The van der Waals surface area contributed by atoms with Gasteiger partial charge in [0.25, 0.3) is 0 Å². The summed E-state index contributed by atoms with van der Waals surface area (Å²) in [5, 5.41) is 0. The van der Waals surface area contributed by atoms with Gasteiger partial charge in [-0.05, 0) is 0 Å². The van der Waals surface area contributed by atoms with E-state index in [4.69, 9.17) is 23.7 Å². The maximum atomic E-state index is 13.0. The van der Waals surface area contributed by atoms with E-state index in [-0.39, 0.29) is 289 Å². The first-order chi connectivity index (χ1) is 51.3. The number of hydrogen-bond donors (Lipinski definition) is 0. The third-order valence-electron chi connectivity index (χ3n) is 13.3. The summed E-state index contributed by atoms with van der Waals surface area (Å²) in [4.78, 5) is 8.00. The van der Waals surface area contributed by atoms with Crippen LogP contribution in [0.1, 0.15) is 100 Å². The molecule has 0 atom stereocenters. The van der Waals surface area contributed by atoms with Crippen LogP contribution in [0.4, 0.5) is 75.3 Å². The standard InChI is InChI=1S/C10H10F3O2.C10H12FO2.C9H8F3O.2C9H9F2O.2C9H10FO.C9H11O.C8H7F2.CH2O.9CH3.2FH.9W/c1-6-3-7(2)9(15-10(12)13)8(4-6)14-5-11;1-7-4-8(2)10(13-6-11)9(5-7)12-3;1-5-3-6(2)8(7(10)4-5)13-9(11)12;1-6-3-7(2)9(12-5-10)8(11)4-6;1-6-3-7(2)5-8(4-6)12-9(10)11;1-7-3-8(2)5-9(4-7)11-6-10;1-7-3-4-9(11-6-10)8(2)5-7;1-7-4-5-9(10-3)8(2)6-7;1-5-3-6(2)8(10)7(9)4-5;1-2;;;;;;;;;;;;;;;;;;;;/h3,10H,5H2,1-2H3;4H,6H2,1-3H3;3,9H,1-2H3;3H,5H2,1-2H3;3-4,9H,1-2H3;3-4H,6H2,1-2H3;4-5H,6H2,1-2H3;5-6H,1-3H3;3H,1-2H3;1H2;9*1H3;2*1H;;;;;;;;;/q9*-1;;9*-1;;;9*+2. The molecular formula is C92H117F17O11W9. The fourth-order valence-corrected chi connectivity index (χ4v) is 9.31. The molecule has 0 radical (unpaired) electrons. The minimum atomic E-state index is -3.01. The molecule has 0 amide bonds. The van der Waals surface area contributed by atoms with Gasteiger partial charge >= 0.3 is 209 Å². The van der Waals surface area contributed by atoms with Gasteiger partial charge < -0.3 is 119 Å². The van der Waals surface area contributed by atoms with Crippen molar-refractivity contribution in [2.24, 2.45) is 0 Å². The number of ether oxygens (including phenoxy) is 10. The predicted octanol–water partition coefficient (Wildman–Crippen LogP) is 27.0. The Morgan fingerprint density at radius 1 is 0.287 bits per heavy atom. The third-order valence-corrected chi connectivity index (χ3v) is 13.3. The molecule has 0 saturated carbocycles. The van der Waals surface area contributed by atoms with Crippen molar-refractivity contribution in [1.82, 2.24) is 0 Å². The average molecular weight is 3380 g/mol. The van der Waals surface area contributed by atoms with Crippen LogP contribution in [-0.4, -0.2) is 75.1 Å². The fourth-order valence-electron chi connectivity index (χ4n) is 9.31. The Morgan fingerprint density at radius 2 is 0.574 bits per heavy atom. The zero-order valence-corrected chi connectivity index (χ0v) is 104. The van der Waals surface area contributed by atoms with Crippen LogP contribution in [0.25, 0.3) is 0 Å². The van der Waals surface area contributed by atoms with E-state index < -0.39 is 83.2 Å². The smallest absolute Gasteiger partial charge is 0.554 e. The predicted molar refractivity (Wildman–Crippen MR) is 448 cm³/mol. The van der Waals surface area contributed by atoms with E-state index in [0.717, 1.165) is 55.8 Å². The van der Waals surface area contributed by atoms with Crippen LogP contribution in [0.2, 0.25) is 0 Å². The first-order valence-electron chi connectivity index (χ1n) is 32.2. The second kappa shape index (κ2) is 98.2. The molecular weight excluding hydrogens is 3260 g/mol. The first-order valence-corrected chi connectivity index (χ1v) is 32.2. The normalized spacial score (nSPS) is 8.39. The number of hydrogen-bond acceptors (Lipinski definition) is 11. The largest absolute Gasteiger partial charge is 2.00 e. The Morgan fingerprint density at radius 3 is 0.907 bits per heavy atom. The van der Waals surface area contributed by atoms with Crippen LogP contribution in [0, 0.1) is 269 Å². The number of benzene rings is 9. The van der Waals surface area contributed by atoms with Gasteiger partial charge in [0.2, 0.25) is 34.3 Å². The molecule has 0 aliphatic carbocycles. The fraction of sp³-hybridized carbons (Fsp3) is 0.304. The number of halogens is 17. The molecule has 0 unspecified atom stereocenters. The Kier molecular flexibility index (Phi) is 135. The molecule has 724 valence electrons. The van der Waals surface area contributed by atoms with Gasteiger partial charge in [-0.2, -0.15) is 154 Å². The van der Waals surface area contributed by atoms with E-state index in [9.17, 15) is 65.9 Å². The van der Waals surface area contributed by atoms with Crippen molar-refractivity contribution < 1.29 is 317 Å². The Labute approximate surface area is 889 Å². The summed E-state index contributed by atoms with van der Waals surface area (Å²) in [6.45, 7) is 20.7. The maximum Gasteiger partial charge on any atom is 2.00 e. The van der Waals surface area contributed by atoms with Crippen LogP contribution in [0.5, 0.6) is 57.5 Å². The molecule has 0 bridgehead atoms. The first kappa shape index (κ1) is 177. The summed E-state index contributed by atoms with van der Waals surface area (Å²) in [7, 11) is 3.18. The summed E-state index contributed by atoms with van der Waals surface area (Å²) in [5.41, 5.74) is 14.0. The van der Waals surface area contributed by atoms with Gasteiger partial charge in [0.1, 0.15) is 6.79 Å². The molecule has 0 saturated heterocycles. The summed E-state index contributed by atoms with van der Waals surface area (Å²) < 4.78 is 227. The Hall–Kier alpha value is -4.35. The Balaban J connectivity index is -0.0000000525. The summed E-state index contributed by atoms with van der Waals surface area (Å²) >= 11 is 0. The second-order valence-electron chi connectivity index (χ2n) is 23.0. The van der Waals surface area contributed by atoms with Gasteiger partial charge in [-0.1, -0.05) is 125 Å². The topological polar surface area (TPSA) is 109 Å². The molecule has 0 N–H and O–H groups in total. The molecule has 9 aromatic carbocycles. The maximum absolute atomic E-state index is 13.0. The number of rotatable bonds is 18. The molecule has 0 aliphatic rings. The SMILES string of the molecule is C=O.COc1[c-]c(C)cc(C)c1OCF.COc1c[c-]c(C)cc1C.Cc1[c-]c(F)c(F)c(C)c1.Cc1[c-]c(F)c(OC(F)F)c(C)c1.Cc1[c-]c(F)c(OCF)c(C)c1.Cc1[c-]c(OC(F)F)cc(C)c1.Cc1[c-]c(OCF)c(OC(F)F)c(C)c1.Cc1[c-]c(OCF)cc(C)c1.Cc1[c-]cc(OCF)c(C)c1.F.F.[CH3-].[CH3-].[CH3-].[CH3-].[CH3-].[CH3-].[CH3-].[CH3-].[CH3-].[W+2].[W+2].[W+2].[W+2].[W+2].[W+2].[W+2].[W+2].[W+2]. The molecule has 9 aromatic rings. The minimum Gasteiger partial charge on any atom is -0.554 e. The van der Waals surface area contributed by atoms with Gasteiger partial charge in [0.15, 0.2) is 0 Å². The molecule has 9 rings (SSSR count). The summed E-state index contributed by atoms with van der Waals surface area (Å²) in [6, 6.07) is 46.8. The number of alkyl halides is 11. The van der Waals surface area contributed by atoms with Crippen LogP contribution in [0.3, 0.4) is 0 Å². The van der Waals surface area contributed by atoms with Crippen LogP contribution in [-0.2, 0) is 194 Å². The van der Waals surface area contributed by atoms with Crippen molar-refractivity contribution >= 4 is 6.79 Å². The van der Waals surface area contributed by atoms with Crippen molar-refractivity contribution in [3.8, 4) is 57.5 Å². The van der Waals surface area contributed by atoms with E-state index >= 15 is 0 Å². The van der Waals surface area contributed by atoms with Gasteiger partial charge in [0.05, 0.1) is 48.9 Å². The molecule has 11 nitrogen and oxygen atoms in total. The van der Waals surface area contributed by atoms with Gasteiger partial charge in [0, 0.05) is 46.1 Å². The Bertz CT molecular complexity index is 4110. The molecule has 0 spiro atoms. The van der Waals surface area contributed by atoms with Crippen molar-refractivity contribution in [3.05, 3.63) is 324 Å². The van der Waals surface area contributed by atoms with Gasteiger partial charge in [-0.25, -0.2) is 35.1 Å². The van der Waals surface area contributed by atoms with E-state index in [1.54, 1.807) is 85.9 Å². The van der Waals surface area contributed by atoms with Crippen molar-refractivity contribution in [2.75, 3.05) is 48.5 Å². The molecule has 0 aliphatic heterocycles.